The van der Waals surface area contributed by atoms with Gasteiger partial charge in [-0.05, 0) is 30.3 Å². The Morgan fingerprint density at radius 1 is 1.08 bits per heavy atom. The van der Waals surface area contributed by atoms with Gasteiger partial charge in [-0.15, -0.1) is 11.3 Å². The minimum Gasteiger partial charge on any atom is -0.326 e. The van der Waals surface area contributed by atoms with Gasteiger partial charge in [0.05, 0.1) is 23.7 Å². The molecule has 0 aliphatic rings. The zero-order valence-corrected chi connectivity index (χ0v) is 14.4. The first-order valence-electron chi connectivity index (χ1n) is 7.75. The molecule has 2 aromatic carbocycles. The zero-order chi connectivity index (χ0) is 18.4. The number of nitriles is 1. The Morgan fingerprint density at radius 2 is 1.88 bits per heavy atom. The summed E-state index contributed by atoms with van der Waals surface area (Å²) < 4.78 is 0. The SMILES string of the molecule is N#Cc1cccc(NC(=O)Cc2csc(NC(=O)c3ccccc3)n2)c1. The Labute approximate surface area is 154 Å². The van der Waals surface area contributed by atoms with Crippen molar-refractivity contribution in [1.82, 2.24) is 4.98 Å². The molecular weight excluding hydrogens is 348 g/mol. The van der Waals surface area contributed by atoms with E-state index in [2.05, 4.69) is 15.6 Å². The number of rotatable bonds is 5. The molecule has 0 saturated carbocycles. The van der Waals surface area contributed by atoms with Crippen molar-refractivity contribution in [3.05, 3.63) is 76.8 Å². The van der Waals surface area contributed by atoms with E-state index in [1.807, 2.05) is 12.1 Å². The van der Waals surface area contributed by atoms with Gasteiger partial charge in [0, 0.05) is 16.6 Å². The maximum Gasteiger partial charge on any atom is 0.257 e. The van der Waals surface area contributed by atoms with E-state index in [9.17, 15) is 9.59 Å². The number of aromatic nitrogens is 1. The summed E-state index contributed by atoms with van der Waals surface area (Å²) in [6, 6.07) is 17.5. The average molecular weight is 362 g/mol. The highest BCUT2D eigenvalue weighted by atomic mass is 32.1. The van der Waals surface area contributed by atoms with E-state index in [0.29, 0.717) is 27.6 Å². The van der Waals surface area contributed by atoms with Crippen LogP contribution in [0.25, 0.3) is 0 Å². The summed E-state index contributed by atoms with van der Waals surface area (Å²) in [7, 11) is 0. The molecular formula is C19H14N4O2S. The summed E-state index contributed by atoms with van der Waals surface area (Å²) in [4.78, 5) is 28.5. The molecule has 128 valence electrons. The molecule has 0 radical (unpaired) electrons. The van der Waals surface area contributed by atoms with E-state index in [-0.39, 0.29) is 18.2 Å². The number of carbonyl (C=O) groups excluding carboxylic acids is 2. The number of hydrogen-bond acceptors (Lipinski definition) is 5. The van der Waals surface area contributed by atoms with Crippen molar-refractivity contribution in [1.29, 1.82) is 5.26 Å². The summed E-state index contributed by atoms with van der Waals surface area (Å²) in [6.07, 6.45) is 0.0779. The molecule has 1 heterocycles. The average Bonchev–Trinajstić information content (AvgIpc) is 3.09. The summed E-state index contributed by atoms with van der Waals surface area (Å²) in [5, 5.41) is 16.5. The number of thiazole rings is 1. The number of benzene rings is 2. The second-order valence-electron chi connectivity index (χ2n) is 5.38. The predicted molar refractivity (Wildman–Crippen MR) is 100.0 cm³/mol. The van der Waals surface area contributed by atoms with Gasteiger partial charge in [-0.25, -0.2) is 4.98 Å². The Kier molecular flexibility index (Phi) is 5.37. The second-order valence-corrected chi connectivity index (χ2v) is 6.24. The third-order valence-electron chi connectivity index (χ3n) is 3.43. The van der Waals surface area contributed by atoms with Crippen LogP contribution in [0.1, 0.15) is 21.6 Å². The largest absolute Gasteiger partial charge is 0.326 e. The Hall–Kier alpha value is -3.50. The van der Waals surface area contributed by atoms with Gasteiger partial charge in [-0.2, -0.15) is 5.26 Å². The summed E-state index contributed by atoms with van der Waals surface area (Å²) in [5.41, 5.74) is 2.14. The van der Waals surface area contributed by atoms with Crippen molar-refractivity contribution in [2.45, 2.75) is 6.42 Å². The standard InChI is InChI=1S/C19H14N4O2S/c20-11-13-5-4-8-15(9-13)21-17(24)10-16-12-26-19(22-16)23-18(25)14-6-2-1-3-7-14/h1-9,12H,10H2,(H,21,24)(H,22,23,25). The fourth-order valence-electron chi connectivity index (χ4n) is 2.24. The van der Waals surface area contributed by atoms with Crippen LogP contribution in [0.2, 0.25) is 0 Å². The van der Waals surface area contributed by atoms with Crippen molar-refractivity contribution in [2.75, 3.05) is 10.6 Å². The molecule has 0 aliphatic carbocycles. The predicted octanol–water partition coefficient (Wildman–Crippen LogP) is 3.45. The second kappa shape index (κ2) is 8.05. The monoisotopic (exact) mass is 362 g/mol. The topological polar surface area (TPSA) is 94.9 Å². The van der Waals surface area contributed by atoms with Crippen LogP contribution in [0, 0.1) is 11.3 Å². The Morgan fingerprint density at radius 3 is 2.65 bits per heavy atom. The molecule has 26 heavy (non-hydrogen) atoms. The number of carbonyl (C=O) groups is 2. The molecule has 0 spiro atoms. The van der Waals surface area contributed by atoms with Gasteiger partial charge in [-0.1, -0.05) is 24.3 Å². The minimum absolute atomic E-state index is 0.0779. The first kappa shape index (κ1) is 17.3. The molecule has 0 atom stereocenters. The van der Waals surface area contributed by atoms with Gasteiger partial charge >= 0.3 is 0 Å². The molecule has 2 amide bonds. The van der Waals surface area contributed by atoms with Crippen molar-refractivity contribution < 1.29 is 9.59 Å². The van der Waals surface area contributed by atoms with Gasteiger partial charge in [0.1, 0.15) is 0 Å². The van der Waals surface area contributed by atoms with Crippen molar-refractivity contribution in [3.63, 3.8) is 0 Å². The quantitative estimate of drug-likeness (QED) is 0.727. The number of nitrogens with one attached hydrogen (secondary N) is 2. The van der Waals surface area contributed by atoms with E-state index in [1.54, 1.807) is 53.9 Å². The van der Waals surface area contributed by atoms with Crippen LogP contribution in [-0.2, 0) is 11.2 Å². The molecule has 3 rings (SSSR count). The van der Waals surface area contributed by atoms with E-state index in [0.717, 1.165) is 0 Å². The molecule has 0 saturated heterocycles. The molecule has 7 heteroatoms. The number of anilines is 2. The smallest absolute Gasteiger partial charge is 0.257 e. The highest BCUT2D eigenvalue weighted by Crippen LogP contribution is 2.18. The fraction of sp³-hybridized carbons (Fsp3) is 0.0526. The lowest BCUT2D eigenvalue weighted by molar-refractivity contribution is -0.115. The maximum absolute atomic E-state index is 12.1. The lowest BCUT2D eigenvalue weighted by atomic mass is 10.2. The number of hydrogen-bond donors (Lipinski definition) is 2. The lowest BCUT2D eigenvalue weighted by Gasteiger charge is -2.04. The van der Waals surface area contributed by atoms with E-state index in [1.165, 1.54) is 11.3 Å². The number of amides is 2. The maximum atomic E-state index is 12.1. The van der Waals surface area contributed by atoms with Crippen molar-refractivity contribution in [2.24, 2.45) is 0 Å². The van der Waals surface area contributed by atoms with Crippen molar-refractivity contribution >= 4 is 34.0 Å². The summed E-state index contributed by atoms with van der Waals surface area (Å²) >= 11 is 1.26. The van der Waals surface area contributed by atoms with Crippen LogP contribution < -0.4 is 10.6 Å². The Bertz CT molecular complexity index is 976. The van der Waals surface area contributed by atoms with Crippen molar-refractivity contribution in [3.8, 4) is 6.07 Å². The lowest BCUT2D eigenvalue weighted by Crippen LogP contribution is -2.15. The summed E-state index contributed by atoms with van der Waals surface area (Å²) in [5.74, 6) is -0.490. The molecule has 3 aromatic rings. The van der Waals surface area contributed by atoms with Gasteiger partial charge in [0.2, 0.25) is 5.91 Å². The van der Waals surface area contributed by atoms with Gasteiger partial charge < -0.3 is 5.32 Å². The number of nitrogens with zero attached hydrogens (tertiary/aromatic N) is 2. The van der Waals surface area contributed by atoms with Crippen LogP contribution >= 0.6 is 11.3 Å². The van der Waals surface area contributed by atoms with E-state index in [4.69, 9.17) is 5.26 Å². The highest BCUT2D eigenvalue weighted by Gasteiger charge is 2.11. The van der Waals surface area contributed by atoms with E-state index >= 15 is 0 Å². The van der Waals surface area contributed by atoms with Crippen LogP contribution in [-0.4, -0.2) is 16.8 Å². The van der Waals surface area contributed by atoms with Crippen LogP contribution in [0.15, 0.2) is 60.0 Å². The fourth-order valence-corrected chi connectivity index (χ4v) is 2.95. The normalized spacial score (nSPS) is 9.96. The van der Waals surface area contributed by atoms with Gasteiger partial charge in [0.25, 0.3) is 5.91 Å². The molecule has 0 fully saturated rings. The third kappa shape index (κ3) is 4.53. The van der Waals surface area contributed by atoms with Crippen LogP contribution in [0.5, 0.6) is 0 Å². The van der Waals surface area contributed by atoms with Crippen LogP contribution in [0.3, 0.4) is 0 Å². The first-order chi connectivity index (χ1) is 12.6. The van der Waals surface area contributed by atoms with Gasteiger partial charge in [-0.3, -0.25) is 14.9 Å². The van der Waals surface area contributed by atoms with Gasteiger partial charge in [0.15, 0.2) is 5.13 Å². The zero-order valence-electron chi connectivity index (χ0n) is 13.6. The summed E-state index contributed by atoms with van der Waals surface area (Å²) in [6.45, 7) is 0. The Balaban J connectivity index is 1.58. The first-order valence-corrected chi connectivity index (χ1v) is 8.63. The molecule has 1 aromatic heterocycles. The molecule has 0 unspecified atom stereocenters. The molecule has 2 N–H and O–H groups in total. The molecule has 0 aliphatic heterocycles. The highest BCUT2D eigenvalue weighted by molar-refractivity contribution is 7.14. The molecule has 0 bridgehead atoms. The van der Waals surface area contributed by atoms with Crippen LogP contribution in [0.4, 0.5) is 10.8 Å². The molecule has 6 nitrogen and oxygen atoms in total. The minimum atomic E-state index is -0.246. The third-order valence-corrected chi connectivity index (χ3v) is 4.23. The van der Waals surface area contributed by atoms with E-state index < -0.39 is 0 Å².